The SMILES string of the molecule is Cc1c(C)c(C)c2c(c1C)CC2C. The van der Waals surface area contributed by atoms with E-state index in [2.05, 4.69) is 34.6 Å². The van der Waals surface area contributed by atoms with Crippen LogP contribution in [0.25, 0.3) is 0 Å². The molecule has 0 saturated heterocycles. The summed E-state index contributed by atoms with van der Waals surface area (Å²) in [6.07, 6.45) is 1.29. The lowest BCUT2D eigenvalue weighted by atomic mass is 9.71. The number of benzene rings is 1. The molecule has 1 aromatic rings. The van der Waals surface area contributed by atoms with Gasteiger partial charge in [-0.25, -0.2) is 0 Å². The molecular weight excluding hydrogens is 156 g/mol. The fourth-order valence-corrected chi connectivity index (χ4v) is 2.63. The van der Waals surface area contributed by atoms with E-state index >= 15 is 0 Å². The molecule has 70 valence electrons. The number of rotatable bonds is 0. The molecule has 0 heteroatoms. The molecule has 0 heterocycles. The zero-order valence-electron chi connectivity index (χ0n) is 9.28. The Morgan fingerprint density at radius 1 is 0.846 bits per heavy atom. The van der Waals surface area contributed by atoms with Crippen LogP contribution in [-0.2, 0) is 6.42 Å². The monoisotopic (exact) mass is 174 g/mol. The van der Waals surface area contributed by atoms with Crippen LogP contribution in [0, 0.1) is 27.7 Å². The summed E-state index contributed by atoms with van der Waals surface area (Å²) >= 11 is 0. The van der Waals surface area contributed by atoms with Gasteiger partial charge < -0.3 is 0 Å². The molecule has 2 rings (SSSR count). The van der Waals surface area contributed by atoms with E-state index in [0.717, 1.165) is 5.92 Å². The Balaban J connectivity index is 2.75. The highest BCUT2D eigenvalue weighted by Crippen LogP contribution is 2.41. The number of hydrogen-bond donors (Lipinski definition) is 0. The van der Waals surface area contributed by atoms with Crippen LogP contribution in [-0.4, -0.2) is 0 Å². The second-order valence-corrected chi connectivity index (χ2v) is 4.50. The Morgan fingerprint density at radius 2 is 1.38 bits per heavy atom. The Labute approximate surface area is 81.0 Å². The van der Waals surface area contributed by atoms with E-state index in [9.17, 15) is 0 Å². The van der Waals surface area contributed by atoms with Crippen molar-refractivity contribution in [2.75, 3.05) is 0 Å². The molecule has 0 spiro atoms. The topological polar surface area (TPSA) is 0 Å². The highest BCUT2D eigenvalue weighted by molar-refractivity contribution is 5.56. The molecule has 13 heavy (non-hydrogen) atoms. The van der Waals surface area contributed by atoms with Crippen molar-refractivity contribution < 1.29 is 0 Å². The van der Waals surface area contributed by atoms with E-state index in [0.29, 0.717) is 0 Å². The first kappa shape index (κ1) is 8.80. The van der Waals surface area contributed by atoms with Gasteiger partial charge in [0.1, 0.15) is 0 Å². The zero-order chi connectivity index (χ0) is 9.75. The van der Waals surface area contributed by atoms with Crippen LogP contribution < -0.4 is 0 Å². The zero-order valence-corrected chi connectivity index (χ0v) is 9.28. The maximum atomic E-state index is 2.34. The summed E-state index contributed by atoms with van der Waals surface area (Å²) in [6, 6.07) is 0. The molecule has 0 amide bonds. The quantitative estimate of drug-likeness (QED) is 0.564. The molecule has 0 saturated carbocycles. The Morgan fingerprint density at radius 3 is 1.92 bits per heavy atom. The average Bonchev–Trinajstić information content (AvgIpc) is 2.08. The molecule has 1 aliphatic rings. The van der Waals surface area contributed by atoms with Crippen molar-refractivity contribution in [3.05, 3.63) is 33.4 Å². The van der Waals surface area contributed by atoms with Crippen molar-refractivity contribution in [1.29, 1.82) is 0 Å². The van der Waals surface area contributed by atoms with Crippen molar-refractivity contribution in [3.8, 4) is 0 Å². The Kier molecular flexibility index (Phi) is 1.76. The van der Waals surface area contributed by atoms with Gasteiger partial charge in [-0.15, -0.1) is 0 Å². The minimum absolute atomic E-state index is 0.799. The molecule has 0 bridgehead atoms. The minimum atomic E-state index is 0.799. The third kappa shape index (κ3) is 0.979. The summed E-state index contributed by atoms with van der Waals surface area (Å²) in [5.41, 5.74) is 9.35. The predicted octanol–water partition coefficient (Wildman–Crippen LogP) is 3.58. The van der Waals surface area contributed by atoms with Gasteiger partial charge in [0.15, 0.2) is 0 Å². The van der Waals surface area contributed by atoms with Gasteiger partial charge in [0.25, 0.3) is 0 Å². The molecule has 1 aromatic carbocycles. The lowest BCUT2D eigenvalue weighted by Gasteiger charge is -2.33. The largest absolute Gasteiger partial charge is 0.0581 e. The highest BCUT2D eigenvalue weighted by atomic mass is 14.3. The van der Waals surface area contributed by atoms with E-state index in [1.165, 1.54) is 28.7 Å². The van der Waals surface area contributed by atoms with Gasteiger partial charge in [0, 0.05) is 0 Å². The molecule has 0 radical (unpaired) electrons. The fourth-order valence-electron chi connectivity index (χ4n) is 2.63. The average molecular weight is 174 g/mol. The maximum Gasteiger partial charge on any atom is -0.0144 e. The summed E-state index contributed by atoms with van der Waals surface area (Å²) < 4.78 is 0. The van der Waals surface area contributed by atoms with Crippen LogP contribution in [0.5, 0.6) is 0 Å². The van der Waals surface area contributed by atoms with Crippen LogP contribution >= 0.6 is 0 Å². The normalized spacial score (nSPS) is 19.6. The molecule has 1 aliphatic carbocycles. The van der Waals surface area contributed by atoms with Crippen molar-refractivity contribution in [2.45, 2.75) is 47.0 Å². The van der Waals surface area contributed by atoms with Gasteiger partial charge in [-0.05, 0) is 73.4 Å². The van der Waals surface area contributed by atoms with Gasteiger partial charge >= 0.3 is 0 Å². The molecule has 0 nitrogen and oxygen atoms in total. The van der Waals surface area contributed by atoms with Crippen LogP contribution in [0.1, 0.15) is 46.2 Å². The van der Waals surface area contributed by atoms with E-state index in [1.54, 1.807) is 11.1 Å². The van der Waals surface area contributed by atoms with Gasteiger partial charge in [0.2, 0.25) is 0 Å². The van der Waals surface area contributed by atoms with Gasteiger partial charge in [-0.1, -0.05) is 6.92 Å². The van der Waals surface area contributed by atoms with Crippen molar-refractivity contribution in [2.24, 2.45) is 0 Å². The summed E-state index contributed by atoms with van der Waals surface area (Å²) in [5.74, 6) is 0.799. The number of hydrogen-bond acceptors (Lipinski definition) is 0. The summed E-state index contributed by atoms with van der Waals surface area (Å²) in [5, 5.41) is 0. The third-order valence-electron chi connectivity index (χ3n) is 3.87. The van der Waals surface area contributed by atoms with Crippen LogP contribution in [0.3, 0.4) is 0 Å². The van der Waals surface area contributed by atoms with E-state index < -0.39 is 0 Å². The summed E-state index contributed by atoms with van der Waals surface area (Å²) in [7, 11) is 0. The molecule has 0 N–H and O–H groups in total. The van der Waals surface area contributed by atoms with Crippen molar-refractivity contribution in [1.82, 2.24) is 0 Å². The molecule has 0 aromatic heterocycles. The van der Waals surface area contributed by atoms with Gasteiger partial charge in [0.05, 0.1) is 0 Å². The van der Waals surface area contributed by atoms with Gasteiger partial charge in [-0.2, -0.15) is 0 Å². The third-order valence-corrected chi connectivity index (χ3v) is 3.87. The molecular formula is C13H18. The molecule has 1 atom stereocenters. The second kappa shape index (κ2) is 2.60. The van der Waals surface area contributed by atoms with Crippen LogP contribution in [0.15, 0.2) is 0 Å². The van der Waals surface area contributed by atoms with E-state index in [4.69, 9.17) is 0 Å². The standard InChI is InChI=1S/C13H18/c1-7-6-12-10(4)8(2)9(3)11(5)13(7)12/h7H,6H2,1-5H3. The smallest absolute Gasteiger partial charge is 0.0144 e. The highest BCUT2D eigenvalue weighted by Gasteiger charge is 2.27. The summed E-state index contributed by atoms with van der Waals surface area (Å²) in [6.45, 7) is 11.4. The van der Waals surface area contributed by atoms with Crippen LogP contribution in [0.4, 0.5) is 0 Å². The van der Waals surface area contributed by atoms with Crippen molar-refractivity contribution >= 4 is 0 Å². The second-order valence-electron chi connectivity index (χ2n) is 4.50. The molecule has 0 aliphatic heterocycles. The first-order chi connectivity index (χ1) is 6.04. The number of fused-ring (bicyclic) bond motifs is 1. The lowest BCUT2D eigenvalue weighted by Crippen LogP contribution is -2.19. The van der Waals surface area contributed by atoms with E-state index in [-0.39, 0.29) is 0 Å². The summed E-state index contributed by atoms with van der Waals surface area (Å²) in [4.78, 5) is 0. The fraction of sp³-hybridized carbons (Fsp3) is 0.538. The van der Waals surface area contributed by atoms with E-state index in [1.807, 2.05) is 0 Å². The maximum absolute atomic E-state index is 2.34. The molecule has 1 unspecified atom stereocenters. The van der Waals surface area contributed by atoms with Crippen molar-refractivity contribution in [3.63, 3.8) is 0 Å². The first-order valence-corrected chi connectivity index (χ1v) is 5.13. The van der Waals surface area contributed by atoms with Gasteiger partial charge in [-0.3, -0.25) is 0 Å². The van der Waals surface area contributed by atoms with Crippen LogP contribution in [0.2, 0.25) is 0 Å². The first-order valence-electron chi connectivity index (χ1n) is 5.13. The lowest BCUT2D eigenvalue weighted by molar-refractivity contribution is 0.651. The minimum Gasteiger partial charge on any atom is -0.0581 e. The Hall–Kier alpha value is -0.780. The predicted molar refractivity (Wildman–Crippen MR) is 57.5 cm³/mol. The Bertz CT molecular complexity index is 349. The molecule has 0 fully saturated rings.